The van der Waals surface area contributed by atoms with Gasteiger partial charge < -0.3 is 20.5 Å². The lowest BCUT2D eigenvalue weighted by Crippen LogP contribution is -2.19. The summed E-state index contributed by atoms with van der Waals surface area (Å²) in [6, 6.07) is 12.1. The Hall–Kier alpha value is -4.00. The highest BCUT2D eigenvalue weighted by atomic mass is 32.2. The van der Waals surface area contributed by atoms with Gasteiger partial charge in [-0.3, -0.25) is 13.7 Å². The quantitative estimate of drug-likeness (QED) is 0.116. The number of phenols is 1. The van der Waals surface area contributed by atoms with Gasteiger partial charge in [0.2, 0.25) is 0 Å². The van der Waals surface area contributed by atoms with E-state index in [4.69, 9.17) is 9.29 Å². The number of carbonyl (C=O) groups is 1. The average Bonchev–Trinajstić information content (AvgIpc) is 2.84. The lowest BCUT2D eigenvalue weighted by atomic mass is 10.1. The van der Waals surface area contributed by atoms with Gasteiger partial charge in [-0.25, -0.2) is 4.79 Å². The first kappa shape index (κ1) is 30.0. The van der Waals surface area contributed by atoms with Crippen LogP contribution in [0, 0.1) is 0 Å². The van der Waals surface area contributed by atoms with Crippen LogP contribution in [-0.2, 0) is 30.4 Å². The summed E-state index contributed by atoms with van der Waals surface area (Å²) in [6.07, 6.45) is -0.0955. The Balaban J connectivity index is 1.57. The van der Waals surface area contributed by atoms with Gasteiger partial charge in [0.25, 0.3) is 30.4 Å². The van der Waals surface area contributed by atoms with Crippen molar-refractivity contribution in [2.24, 2.45) is 0 Å². The Morgan fingerprint density at radius 3 is 1.76 bits per heavy atom. The molecule has 4 rings (SSSR count). The van der Waals surface area contributed by atoms with Crippen LogP contribution < -0.4 is 15.4 Å². The molecule has 0 radical (unpaired) electrons. The number of urea groups is 1. The fourth-order valence-electron chi connectivity index (χ4n) is 3.92. The average molecular weight is 627 g/mol. The van der Waals surface area contributed by atoms with Crippen molar-refractivity contribution in [1.29, 1.82) is 0 Å². The molecule has 0 atom stereocenters. The van der Waals surface area contributed by atoms with Gasteiger partial charge in [-0.1, -0.05) is 0 Å². The summed E-state index contributed by atoms with van der Waals surface area (Å²) in [5, 5.41) is 16.2. The Kier molecular flexibility index (Phi) is 8.12. The number of amides is 2. The van der Waals surface area contributed by atoms with Crippen molar-refractivity contribution in [3.8, 4) is 11.5 Å². The van der Waals surface area contributed by atoms with Crippen LogP contribution in [0.5, 0.6) is 11.5 Å². The molecule has 0 aliphatic rings. The molecular weight excluding hydrogens is 604 g/mol. The maximum Gasteiger partial charge on any atom is 0.323 e. The van der Waals surface area contributed by atoms with E-state index in [-0.39, 0.29) is 46.3 Å². The number of nitrogens with one attached hydrogen (secondary N) is 2. The fourth-order valence-corrected chi connectivity index (χ4v) is 5.47. The molecule has 6 N–H and O–H groups in total. The molecule has 0 aliphatic carbocycles. The van der Waals surface area contributed by atoms with Crippen molar-refractivity contribution in [3.05, 3.63) is 60.7 Å². The van der Waals surface area contributed by atoms with E-state index in [1.807, 2.05) is 0 Å². The lowest BCUT2D eigenvalue weighted by Gasteiger charge is -2.13. The largest absolute Gasteiger partial charge is 0.507 e. The molecule has 41 heavy (non-hydrogen) atoms. The third-order valence-electron chi connectivity index (χ3n) is 5.71. The lowest BCUT2D eigenvalue weighted by molar-refractivity contribution is 0.262. The number of hydrogen-bond donors (Lipinski definition) is 6. The first-order valence-electron chi connectivity index (χ1n) is 11.5. The monoisotopic (exact) mass is 626 g/mol. The maximum absolute atomic E-state index is 12.7. The van der Waals surface area contributed by atoms with Crippen LogP contribution in [0.3, 0.4) is 0 Å². The Labute approximate surface area is 233 Å². The molecule has 0 heterocycles. The minimum absolute atomic E-state index is 0.00476. The van der Waals surface area contributed by atoms with E-state index in [2.05, 4.69) is 10.6 Å². The van der Waals surface area contributed by atoms with Gasteiger partial charge in [-0.2, -0.15) is 25.3 Å². The number of benzene rings is 4. The summed E-state index contributed by atoms with van der Waals surface area (Å²) >= 11 is 0. The Morgan fingerprint density at radius 2 is 1.22 bits per heavy atom. The van der Waals surface area contributed by atoms with Crippen LogP contribution in [-0.4, -0.2) is 62.4 Å². The fraction of sp³-hybridized carbons (Fsp3) is 0.125. The Bertz CT molecular complexity index is 2010. The summed E-state index contributed by atoms with van der Waals surface area (Å²) in [4.78, 5) is 11.6. The number of aromatic hydroxyl groups is 1. The standard InChI is InChI=1S/C24H22N2O12S3/c27-22-12-18(40(32,33)34)10-14-8-16(2-4-20(14)22)25-24(28)26-17-3-5-21-15(9-17)11-19(41(35,36)37)13-23(21)38-6-1-7-39(29,30)31/h2-5,8-13,27H,1,6-7H2,(H2,25,26,28)(H,29,30,31)(H,32,33,34)(H,35,36,37). The summed E-state index contributed by atoms with van der Waals surface area (Å²) in [7, 11) is -13.5. The number of fused-ring (bicyclic) bond motifs is 2. The number of rotatable bonds is 9. The molecule has 0 unspecified atom stereocenters. The van der Waals surface area contributed by atoms with Crippen molar-refractivity contribution in [2.45, 2.75) is 16.2 Å². The summed E-state index contributed by atoms with van der Waals surface area (Å²) in [5.41, 5.74) is 0.406. The molecule has 2 amide bonds. The molecule has 14 nitrogen and oxygen atoms in total. The van der Waals surface area contributed by atoms with E-state index in [9.17, 15) is 44.3 Å². The number of phenolic OH excluding ortho intramolecular Hbond substituents is 1. The van der Waals surface area contributed by atoms with Gasteiger partial charge in [0, 0.05) is 34.3 Å². The van der Waals surface area contributed by atoms with Gasteiger partial charge in [-0.05, 0) is 65.7 Å². The van der Waals surface area contributed by atoms with E-state index < -0.39 is 57.7 Å². The smallest absolute Gasteiger partial charge is 0.323 e. The maximum atomic E-state index is 12.7. The van der Waals surface area contributed by atoms with Gasteiger partial charge in [0.05, 0.1) is 22.2 Å². The number of hydrogen-bond acceptors (Lipinski definition) is 9. The molecule has 218 valence electrons. The first-order chi connectivity index (χ1) is 19.0. The molecule has 0 bridgehead atoms. The van der Waals surface area contributed by atoms with E-state index in [1.165, 1.54) is 36.4 Å². The minimum Gasteiger partial charge on any atom is -0.507 e. The molecule has 0 spiro atoms. The molecule has 0 saturated heterocycles. The van der Waals surface area contributed by atoms with E-state index >= 15 is 0 Å². The zero-order chi connectivity index (χ0) is 30.2. The second kappa shape index (κ2) is 11.1. The van der Waals surface area contributed by atoms with Crippen molar-refractivity contribution < 1.29 is 53.5 Å². The highest BCUT2D eigenvalue weighted by molar-refractivity contribution is 7.86. The van der Waals surface area contributed by atoms with Crippen LogP contribution in [0.4, 0.5) is 16.2 Å². The van der Waals surface area contributed by atoms with Gasteiger partial charge in [0.1, 0.15) is 11.5 Å². The summed E-state index contributed by atoms with van der Waals surface area (Å²) in [6.45, 7) is -0.193. The van der Waals surface area contributed by atoms with Gasteiger partial charge in [-0.15, -0.1) is 0 Å². The second-order valence-electron chi connectivity index (χ2n) is 8.75. The van der Waals surface area contributed by atoms with Crippen molar-refractivity contribution in [3.63, 3.8) is 0 Å². The topological polar surface area (TPSA) is 234 Å². The van der Waals surface area contributed by atoms with E-state index in [0.717, 1.165) is 24.3 Å². The molecule has 4 aromatic rings. The highest BCUT2D eigenvalue weighted by Crippen LogP contribution is 2.33. The molecule has 0 fully saturated rings. The van der Waals surface area contributed by atoms with E-state index in [1.54, 1.807) is 0 Å². The SMILES string of the molecule is O=C(Nc1ccc2c(O)cc(S(=O)(=O)O)cc2c1)Nc1ccc2c(OCCCS(=O)(=O)O)cc(S(=O)(=O)O)cc2c1. The van der Waals surface area contributed by atoms with Crippen LogP contribution >= 0.6 is 0 Å². The molecular formula is C24H22N2O12S3. The van der Waals surface area contributed by atoms with Gasteiger partial charge >= 0.3 is 6.03 Å². The van der Waals surface area contributed by atoms with Crippen LogP contribution in [0.15, 0.2) is 70.5 Å². The third kappa shape index (κ3) is 7.60. The number of ether oxygens (including phenoxy) is 1. The zero-order valence-corrected chi connectivity index (χ0v) is 23.1. The first-order valence-corrected chi connectivity index (χ1v) is 15.9. The summed E-state index contributed by atoms with van der Waals surface area (Å²) < 4.78 is 102. The van der Waals surface area contributed by atoms with Crippen molar-refractivity contribution in [1.82, 2.24) is 0 Å². The molecule has 0 aromatic heterocycles. The van der Waals surface area contributed by atoms with Crippen LogP contribution in [0.25, 0.3) is 21.5 Å². The normalized spacial score (nSPS) is 12.4. The Morgan fingerprint density at radius 1 is 0.707 bits per heavy atom. The molecule has 17 heteroatoms. The predicted octanol–water partition coefficient (Wildman–Crippen LogP) is 3.49. The molecule has 0 aliphatic heterocycles. The predicted molar refractivity (Wildman–Crippen MR) is 148 cm³/mol. The highest BCUT2D eigenvalue weighted by Gasteiger charge is 2.17. The molecule has 0 saturated carbocycles. The van der Waals surface area contributed by atoms with Crippen molar-refractivity contribution in [2.75, 3.05) is 23.0 Å². The number of carbonyl (C=O) groups excluding carboxylic acids is 1. The third-order valence-corrected chi connectivity index (χ3v) is 8.18. The van der Waals surface area contributed by atoms with Crippen LogP contribution in [0.1, 0.15) is 6.42 Å². The molecule has 4 aromatic carbocycles. The zero-order valence-electron chi connectivity index (χ0n) is 20.7. The number of anilines is 2. The second-order valence-corrected chi connectivity index (χ2v) is 13.2. The van der Waals surface area contributed by atoms with Crippen LogP contribution in [0.2, 0.25) is 0 Å². The van der Waals surface area contributed by atoms with Gasteiger partial charge in [0.15, 0.2) is 0 Å². The van der Waals surface area contributed by atoms with E-state index in [0.29, 0.717) is 5.39 Å². The summed E-state index contributed by atoms with van der Waals surface area (Å²) in [5.74, 6) is -0.968. The van der Waals surface area contributed by atoms with Crippen molar-refractivity contribution >= 4 is 69.3 Å². The minimum atomic E-state index is -4.67.